The summed E-state index contributed by atoms with van der Waals surface area (Å²) in [5, 5.41) is 9.32. The van der Waals surface area contributed by atoms with Gasteiger partial charge in [0.25, 0.3) is 10.1 Å². The van der Waals surface area contributed by atoms with Gasteiger partial charge in [0.05, 0.1) is 5.75 Å². The number of aryl methyl sites for hydroxylation is 2. The minimum Gasteiger partial charge on any atom is -0.508 e. The Morgan fingerprint density at radius 1 is 1.25 bits per heavy atom. The Hall–Kier alpha value is -1.07. The number of phenolic OH excluding ortho intramolecular Hbond substituents is 1. The van der Waals surface area contributed by atoms with Crippen LogP contribution in [0.5, 0.6) is 5.75 Å². The number of hydrogen-bond donors (Lipinski definition) is 2. The number of phenols is 1. The van der Waals surface area contributed by atoms with Crippen LogP contribution in [0.1, 0.15) is 24.5 Å². The molecule has 0 aromatic heterocycles. The number of benzene rings is 1. The van der Waals surface area contributed by atoms with Gasteiger partial charge < -0.3 is 5.11 Å². The van der Waals surface area contributed by atoms with E-state index in [1.165, 1.54) is 0 Å². The van der Waals surface area contributed by atoms with E-state index in [9.17, 15) is 13.5 Å². The average molecular weight is 244 g/mol. The van der Waals surface area contributed by atoms with Crippen molar-refractivity contribution in [3.8, 4) is 5.75 Å². The maximum Gasteiger partial charge on any atom is 0.264 e. The molecule has 16 heavy (non-hydrogen) atoms. The molecule has 4 nitrogen and oxygen atoms in total. The molecule has 0 heterocycles. The van der Waals surface area contributed by atoms with Gasteiger partial charge >= 0.3 is 0 Å². The summed E-state index contributed by atoms with van der Waals surface area (Å²) in [4.78, 5) is 0. The highest BCUT2D eigenvalue weighted by Crippen LogP contribution is 2.18. The SMILES string of the molecule is CCc1ccc(O)cc1CCCS(=O)(=O)O. The zero-order chi connectivity index (χ0) is 12.2. The fraction of sp³-hybridized carbons (Fsp3) is 0.455. The van der Waals surface area contributed by atoms with E-state index in [0.29, 0.717) is 12.8 Å². The van der Waals surface area contributed by atoms with Crippen molar-refractivity contribution in [2.75, 3.05) is 5.75 Å². The van der Waals surface area contributed by atoms with Crippen molar-refractivity contribution < 1.29 is 18.1 Å². The summed E-state index contributed by atoms with van der Waals surface area (Å²) in [6.45, 7) is 2.00. The molecule has 0 aliphatic rings. The third kappa shape index (κ3) is 4.20. The van der Waals surface area contributed by atoms with Crippen LogP contribution < -0.4 is 0 Å². The zero-order valence-corrected chi connectivity index (χ0v) is 10.00. The molecule has 1 aromatic carbocycles. The van der Waals surface area contributed by atoms with Crippen molar-refractivity contribution in [1.82, 2.24) is 0 Å². The Morgan fingerprint density at radius 2 is 1.94 bits per heavy atom. The normalized spacial score (nSPS) is 11.6. The molecule has 2 N–H and O–H groups in total. The molecule has 1 aromatic rings. The molecule has 0 amide bonds. The van der Waals surface area contributed by atoms with Gasteiger partial charge in [-0.25, -0.2) is 0 Å². The van der Waals surface area contributed by atoms with Gasteiger partial charge in [0.1, 0.15) is 5.75 Å². The molecule has 0 radical (unpaired) electrons. The lowest BCUT2D eigenvalue weighted by Gasteiger charge is -2.07. The average Bonchev–Trinajstić information content (AvgIpc) is 2.16. The smallest absolute Gasteiger partial charge is 0.264 e. The molecular formula is C11H16O4S. The lowest BCUT2D eigenvalue weighted by molar-refractivity contribution is 0.474. The van der Waals surface area contributed by atoms with Gasteiger partial charge in [-0.3, -0.25) is 4.55 Å². The molecule has 0 bridgehead atoms. The summed E-state index contributed by atoms with van der Waals surface area (Å²) in [7, 11) is -3.89. The van der Waals surface area contributed by atoms with E-state index >= 15 is 0 Å². The fourth-order valence-electron chi connectivity index (χ4n) is 1.63. The summed E-state index contributed by atoms with van der Waals surface area (Å²) in [5.41, 5.74) is 2.03. The van der Waals surface area contributed by atoms with Crippen molar-refractivity contribution in [1.29, 1.82) is 0 Å². The predicted molar refractivity (Wildman–Crippen MR) is 62.2 cm³/mol. The third-order valence-corrected chi connectivity index (χ3v) is 3.22. The first kappa shape index (κ1) is 13.0. The van der Waals surface area contributed by atoms with Crippen molar-refractivity contribution in [2.24, 2.45) is 0 Å². The molecule has 5 heteroatoms. The lowest BCUT2D eigenvalue weighted by atomic mass is 10.0. The van der Waals surface area contributed by atoms with Crippen LogP contribution in [0.15, 0.2) is 18.2 Å². The molecule has 0 unspecified atom stereocenters. The van der Waals surface area contributed by atoms with Crippen LogP contribution in [0.3, 0.4) is 0 Å². The van der Waals surface area contributed by atoms with E-state index in [-0.39, 0.29) is 11.5 Å². The monoisotopic (exact) mass is 244 g/mol. The molecule has 90 valence electrons. The van der Waals surface area contributed by atoms with Crippen LogP contribution in [0.4, 0.5) is 0 Å². The highest BCUT2D eigenvalue weighted by Gasteiger charge is 2.07. The third-order valence-electron chi connectivity index (χ3n) is 2.42. The minimum absolute atomic E-state index is 0.180. The van der Waals surface area contributed by atoms with Crippen molar-refractivity contribution >= 4 is 10.1 Å². The fourth-order valence-corrected chi connectivity index (χ4v) is 2.14. The molecule has 0 saturated heterocycles. The summed E-state index contributed by atoms with van der Waals surface area (Å²) in [5.74, 6) is -0.0646. The molecule has 0 aliphatic carbocycles. The molecule has 0 spiro atoms. The van der Waals surface area contributed by atoms with E-state index in [0.717, 1.165) is 17.5 Å². The van der Waals surface area contributed by atoms with Crippen LogP contribution in [0, 0.1) is 0 Å². The largest absolute Gasteiger partial charge is 0.508 e. The standard InChI is InChI=1S/C11H16O4S/c1-2-9-5-6-11(12)8-10(9)4-3-7-16(13,14)15/h5-6,8,12H,2-4,7H2,1H3,(H,13,14,15). The first-order valence-electron chi connectivity index (χ1n) is 5.18. The summed E-state index contributed by atoms with van der Waals surface area (Å²) in [6, 6.07) is 5.09. The summed E-state index contributed by atoms with van der Waals surface area (Å²) >= 11 is 0. The second-order valence-corrected chi connectivity index (χ2v) is 5.27. The van der Waals surface area contributed by atoms with Crippen LogP contribution in [0.2, 0.25) is 0 Å². The molecule has 0 fully saturated rings. The van der Waals surface area contributed by atoms with Gasteiger partial charge in [0, 0.05) is 0 Å². The summed E-state index contributed by atoms with van der Waals surface area (Å²) in [6.07, 6.45) is 1.73. The molecule has 0 aliphatic heterocycles. The van der Waals surface area contributed by atoms with Gasteiger partial charge in [-0.1, -0.05) is 13.0 Å². The first-order chi connectivity index (χ1) is 7.42. The predicted octanol–water partition coefficient (Wildman–Crippen LogP) is 1.77. The van der Waals surface area contributed by atoms with Crippen LogP contribution in [-0.4, -0.2) is 23.8 Å². The van der Waals surface area contributed by atoms with E-state index in [2.05, 4.69) is 0 Å². The Balaban J connectivity index is 2.69. The first-order valence-corrected chi connectivity index (χ1v) is 6.79. The van der Waals surface area contributed by atoms with Gasteiger partial charge in [0.2, 0.25) is 0 Å². The van der Waals surface area contributed by atoms with E-state index in [1.54, 1.807) is 12.1 Å². The Kier molecular flexibility index (Phi) is 4.32. The second kappa shape index (κ2) is 5.32. The quantitative estimate of drug-likeness (QED) is 0.774. The van der Waals surface area contributed by atoms with E-state index < -0.39 is 10.1 Å². The van der Waals surface area contributed by atoms with E-state index in [4.69, 9.17) is 4.55 Å². The van der Waals surface area contributed by atoms with E-state index in [1.807, 2.05) is 13.0 Å². The Bertz CT molecular complexity index is 451. The van der Waals surface area contributed by atoms with Crippen LogP contribution >= 0.6 is 0 Å². The van der Waals surface area contributed by atoms with Gasteiger partial charge in [-0.05, 0) is 42.5 Å². The maximum absolute atomic E-state index is 10.5. The van der Waals surface area contributed by atoms with Gasteiger partial charge in [0.15, 0.2) is 0 Å². The molecule has 0 saturated carbocycles. The maximum atomic E-state index is 10.5. The van der Waals surface area contributed by atoms with Crippen LogP contribution in [-0.2, 0) is 23.0 Å². The second-order valence-electron chi connectivity index (χ2n) is 3.70. The number of rotatable bonds is 5. The minimum atomic E-state index is -3.89. The number of aromatic hydroxyl groups is 1. The zero-order valence-electron chi connectivity index (χ0n) is 9.18. The highest BCUT2D eigenvalue weighted by atomic mass is 32.2. The van der Waals surface area contributed by atoms with Gasteiger partial charge in [-0.15, -0.1) is 0 Å². The molecule has 1 rings (SSSR count). The summed E-state index contributed by atoms with van der Waals surface area (Å²) < 4.78 is 29.7. The molecule has 0 atom stereocenters. The molecular weight excluding hydrogens is 228 g/mol. The van der Waals surface area contributed by atoms with Crippen molar-refractivity contribution in [3.63, 3.8) is 0 Å². The van der Waals surface area contributed by atoms with Gasteiger partial charge in [-0.2, -0.15) is 8.42 Å². The topological polar surface area (TPSA) is 74.6 Å². The number of hydrogen-bond acceptors (Lipinski definition) is 3. The van der Waals surface area contributed by atoms with Crippen molar-refractivity contribution in [2.45, 2.75) is 26.2 Å². The Morgan fingerprint density at radius 3 is 2.50 bits per heavy atom. The van der Waals surface area contributed by atoms with Crippen molar-refractivity contribution in [3.05, 3.63) is 29.3 Å². The Labute approximate surface area is 95.7 Å². The lowest BCUT2D eigenvalue weighted by Crippen LogP contribution is -2.05. The highest BCUT2D eigenvalue weighted by molar-refractivity contribution is 7.85. The van der Waals surface area contributed by atoms with Crippen LogP contribution in [0.25, 0.3) is 0 Å².